The van der Waals surface area contributed by atoms with E-state index in [1.54, 1.807) is 0 Å². The number of hydrogen-bond acceptors (Lipinski definition) is 8. The molecule has 0 saturated carbocycles. The Bertz CT molecular complexity index is 1630. The van der Waals surface area contributed by atoms with Crippen molar-refractivity contribution in [2.75, 3.05) is 47.5 Å². The van der Waals surface area contributed by atoms with Crippen molar-refractivity contribution in [1.82, 2.24) is 0 Å². The molecular formula is C70H126NO8P. The molecule has 0 aliphatic heterocycles. The number of likely N-dealkylation sites (N-methyl/N-ethyl adjacent to an activating group) is 1. The average Bonchev–Trinajstić information content (AvgIpc) is 3.42. The fourth-order valence-electron chi connectivity index (χ4n) is 9.30. The quantitative estimate of drug-likeness (QED) is 0.0195. The van der Waals surface area contributed by atoms with Crippen molar-refractivity contribution >= 4 is 19.8 Å². The van der Waals surface area contributed by atoms with Gasteiger partial charge in [0.15, 0.2) is 6.10 Å². The van der Waals surface area contributed by atoms with Gasteiger partial charge in [0.2, 0.25) is 0 Å². The first-order valence-corrected chi connectivity index (χ1v) is 34.8. The maximum Gasteiger partial charge on any atom is 0.306 e. The maximum atomic E-state index is 12.8. The molecular weight excluding hydrogens is 1010 g/mol. The molecule has 0 N–H and O–H groups in total. The van der Waals surface area contributed by atoms with Gasteiger partial charge in [0.05, 0.1) is 27.7 Å². The zero-order valence-corrected chi connectivity index (χ0v) is 53.7. The summed E-state index contributed by atoms with van der Waals surface area (Å²) in [5, 5.41) is 0. The number of ether oxygens (including phenoxy) is 2. The topological polar surface area (TPSA) is 111 Å². The van der Waals surface area contributed by atoms with Crippen LogP contribution in [0.15, 0.2) is 85.1 Å². The van der Waals surface area contributed by atoms with E-state index in [1.807, 2.05) is 21.1 Å². The number of carbonyl (C=O) groups is 2. The molecule has 10 heteroatoms. The molecule has 0 aromatic carbocycles. The van der Waals surface area contributed by atoms with Crippen LogP contribution in [0.25, 0.3) is 0 Å². The lowest BCUT2D eigenvalue weighted by molar-refractivity contribution is -0.870. The van der Waals surface area contributed by atoms with E-state index in [9.17, 15) is 19.0 Å². The second-order valence-electron chi connectivity index (χ2n) is 23.5. The SMILES string of the molecule is CC/C=C\C/C=C\C/C=C\C/C=C\C/C=C\C/C=C\CCCCCCCCCCCCCCCCCCCCCCCCC(=O)OC(COC(=O)CCCCCCC/C=C\CCCCCCCC)COP(=O)([O-])OCC[N+](C)(C)C. The third-order valence-corrected chi connectivity index (χ3v) is 15.4. The minimum Gasteiger partial charge on any atom is -0.756 e. The summed E-state index contributed by atoms with van der Waals surface area (Å²) in [6.07, 6.45) is 82.4. The number of phosphoric acid groups is 1. The highest BCUT2D eigenvalue weighted by Gasteiger charge is 2.22. The van der Waals surface area contributed by atoms with Crippen LogP contribution in [0.2, 0.25) is 0 Å². The number of hydrogen-bond donors (Lipinski definition) is 0. The molecule has 0 aromatic rings. The van der Waals surface area contributed by atoms with E-state index in [-0.39, 0.29) is 32.0 Å². The third kappa shape index (κ3) is 64.4. The second-order valence-corrected chi connectivity index (χ2v) is 24.9. The molecule has 0 aromatic heterocycles. The van der Waals surface area contributed by atoms with Gasteiger partial charge in [-0.1, -0.05) is 279 Å². The zero-order valence-electron chi connectivity index (χ0n) is 52.8. The molecule has 0 aliphatic rings. The fraction of sp³-hybridized carbons (Fsp3) is 0.771. The molecule has 0 radical (unpaired) electrons. The molecule has 0 spiro atoms. The first kappa shape index (κ1) is 77.2. The van der Waals surface area contributed by atoms with Crippen molar-refractivity contribution in [3.63, 3.8) is 0 Å². The van der Waals surface area contributed by atoms with E-state index in [0.717, 1.165) is 96.3 Å². The van der Waals surface area contributed by atoms with Gasteiger partial charge in [0, 0.05) is 12.8 Å². The highest BCUT2D eigenvalue weighted by Crippen LogP contribution is 2.38. The highest BCUT2D eigenvalue weighted by atomic mass is 31.2. The van der Waals surface area contributed by atoms with E-state index < -0.39 is 26.5 Å². The van der Waals surface area contributed by atoms with Crippen LogP contribution in [0, 0.1) is 0 Å². The number of unbranched alkanes of at least 4 members (excludes halogenated alkanes) is 33. The van der Waals surface area contributed by atoms with Crippen LogP contribution in [0.5, 0.6) is 0 Å². The van der Waals surface area contributed by atoms with Gasteiger partial charge in [-0.2, -0.15) is 0 Å². The molecule has 0 saturated heterocycles. The van der Waals surface area contributed by atoms with Gasteiger partial charge < -0.3 is 27.9 Å². The number of carbonyl (C=O) groups excluding carboxylic acids is 2. The minimum atomic E-state index is -4.64. The first-order chi connectivity index (χ1) is 39.0. The minimum absolute atomic E-state index is 0.0320. The van der Waals surface area contributed by atoms with E-state index in [0.29, 0.717) is 17.4 Å². The third-order valence-electron chi connectivity index (χ3n) is 14.4. The van der Waals surface area contributed by atoms with Crippen LogP contribution in [0.3, 0.4) is 0 Å². The van der Waals surface area contributed by atoms with Crippen LogP contribution in [0.4, 0.5) is 0 Å². The lowest BCUT2D eigenvalue weighted by Crippen LogP contribution is -2.37. The number of phosphoric ester groups is 1. The molecule has 0 bridgehead atoms. The van der Waals surface area contributed by atoms with Crippen LogP contribution < -0.4 is 4.89 Å². The zero-order chi connectivity index (χ0) is 58.4. The van der Waals surface area contributed by atoms with Crippen molar-refractivity contribution in [3.8, 4) is 0 Å². The molecule has 0 fully saturated rings. The summed E-state index contributed by atoms with van der Waals surface area (Å²) < 4.78 is 34.2. The second kappa shape index (κ2) is 60.8. The Morgan fingerprint density at radius 2 is 0.713 bits per heavy atom. The van der Waals surface area contributed by atoms with Crippen LogP contribution in [-0.4, -0.2) is 70.0 Å². The Hall–Kier alpha value is -2.81. The standard InChI is InChI=1S/C70H126NO8P/c1-6-8-10-12-14-16-18-20-22-23-24-25-26-27-28-29-30-31-32-33-34-35-36-37-38-39-40-41-42-43-44-45-46-47-49-51-53-55-57-59-61-63-70(73)79-68(67-78-80(74,75)77-65-64-71(3,4)5)66-76-69(72)62-60-58-56-54-52-50-48-21-19-17-15-13-11-9-7-2/h8,10,14,16,20-22,24-25,27-28,30-31,48,68H,6-7,9,11-13,15,17-19,23,26,29,32-47,49-67H2,1-5H3/b10-8-,16-14-,22-20-,25-24-,28-27-,31-30-,48-21-. The van der Waals surface area contributed by atoms with Crippen molar-refractivity contribution in [2.45, 2.75) is 302 Å². The molecule has 9 nitrogen and oxygen atoms in total. The number of esters is 2. The van der Waals surface area contributed by atoms with Gasteiger partial charge in [-0.15, -0.1) is 0 Å². The van der Waals surface area contributed by atoms with Crippen molar-refractivity contribution < 1.29 is 42.1 Å². The lowest BCUT2D eigenvalue weighted by Gasteiger charge is -2.28. The highest BCUT2D eigenvalue weighted by molar-refractivity contribution is 7.45. The Morgan fingerprint density at radius 3 is 1.07 bits per heavy atom. The summed E-state index contributed by atoms with van der Waals surface area (Å²) in [5.74, 6) is -0.833. The number of allylic oxidation sites excluding steroid dienone is 14. The molecule has 464 valence electrons. The Labute approximate surface area is 494 Å². The van der Waals surface area contributed by atoms with Crippen molar-refractivity contribution in [1.29, 1.82) is 0 Å². The molecule has 0 heterocycles. The van der Waals surface area contributed by atoms with E-state index in [2.05, 4.69) is 98.9 Å². The number of nitrogens with zero attached hydrogens (tertiary/aromatic N) is 1. The monoisotopic (exact) mass is 1140 g/mol. The van der Waals surface area contributed by atoms with Gasteiger partial charge in [0.1, 0.15) is 19.8 Å². The molecule has 2 unspecified atom stereocenters. The molecule has 0 rings (SSSR count). The van der Waals surface area contributed by atoms with Crippen LogP contribution in [-0.2, 0) is 32.7 Å². The van der Waals surface area contributed by atoms with Crippen LogP contribution >= 0.6 is 7.82 Å². The normalized spacial score (nSPS) is 13.7. The molecule has 2 atom stereocenters. The summed E-state index contributed by atoms with van der Waals surface area (Å²) in [7, 11) is 1.17. The van der Waals surface area contributed by atoms with Gasteiger partial charge in [0.25, 0.3) is 7.82 Å². The fourth-order valence-corrected chi connectivity index (χ4v) is 10.0. The molecule has 80 heavy (non-hydrogen) atoms. The number of rotatable bonds is 61. The Kier molecular flexibility index (Phi) is 58.6. The predicted molar refractivity (Wildman–Crippen MR) is 342 cm³/mol. The molecule has 0 amide bonds. The predicted octanol–water partition coefficient (Wildman–Crippen LogP) is 20.7. The first-order valence-electron chi connectivity index (χ1n) is 33.3. The van der Waals surface area contributed by atoms with Crippen LogP contribution in [0.1, 0.15) is 296 Å². The smallest absolute Gasteiger partial charge is 0.306 e. The van der Waals surface area contributed by atoms with E-state index in [1.165, 1.54) is 167 Å². The summed E-state index contributed by atoms with van der Waals surface area (Å²) in [6.45, 7) is 4.13. The maximum absolute atomic E-state index is 12.8. The van der Waals surface area contributed by atoms with Gasteiger partial charge >= 0.3 is 11.9 Å². The van der Waals surface area contributed by atoms with Gasteiger partial charge in [-0.05, 0) is 89.9 Å². The molecule has 0 aliphatic carbocycles. The summed E-state index contributed by atoms with van der Waals surface area (Å²) in [6, 6.07) is 0. The largest absolute Gasteiger partial charge is 0.756 e. The lowest BCUT2D eigenvalue weighted by atomic mass is 10.0. The average molecular weight is 1140 g/mol. The Morgan fingerprint density at radius 1 is 0.400 bits per heavy atom. The summed E-state index contributed by atoms with van der Waals surface area (Å²) >= 11 is 0. The Balaban J connectivity index is 3.91. The summed E-state index contributed by atoms with van der Waals surface area (Å²) in [5.41, 5.74) is 0. The summed E-state index contributed by atoms with van der Waals surface area (Å²) in [4.78, 5) is 37.9. The van der Waals surface area contributed by atoms with Gasteiger partial charge in [-0.25, -0.2) is 0 Å². The van der Waals surface area contributed by atoms with Crippen molar-refractivity contribution in [3.05, 3.63) is 85.1 Å². The number of quaternary nitrogens is 1. The van der Waals surface area contributed by atoms with E-state index >= 15 is 0 Å². The van der Waals surface area contributed by atoms with E-state index in [4.69, 9.17) is 18.5 Å². The van der Waals surface area contributed by atoms with Crippen molar-refractivity contribution in [2.24, 2.45) is 0 Å². The van der Waals surface area contributed by atoms with Gasteiger partial charge in [-0.3, -0.25) is 14.2 Å².